The van der Waals surface area contributed by atoms with Crippen molar-refractivity contribution >= 4 is 0 Å². The van der Waals surface area contributed by atoms with Crippen LogP contribution in [0.25, 0.3) is 0 Å². The van der Waals surface area contributed by atoms with Gasteiger partial charge in [-0.25, -0.2) is 0 Å². The van der Waals surface area contributed by atoms with Gasteiger partial charge in [-0.2, -0.15) is 0 Å². The summed E-state index contributed by atoms with van der Waals surface area (Å²) >= 11 is 0. The highest BCUT2D eigenvalue weighted by Crippen LogP contribution is 2.11. The van der Waals surface area contributed by atoms with E-state index in [-0.39, 0.29) is 0 Å². The minimum atomic E-state index is 1.11. The van der Waals surface area contributed by atoms with Gasteiger partial charge in [0.15, 0.2) is 0 Å². The molecular weight excluding hydrogens is 268 g/mol. The lowest BCUT2D eigenvalue weighted by Gasteiger charge is -2.26. The van der Waals surface area contributed by atoms with Gasteiger partial charge in [0, 0.05) is 6.54 Å². The third kappa shape index (κ3) is 6.93. The van der Waals surface area contributed by atoms with E-state index in [4.69, 9.17) is 0 Å². The van der Waals surface area contributed by atoms with Gasteiger partial charge in [0.25, 0.3) is 0 Å². The van der Waals surface area contributed by atoms with E-state index >= 15 is 0 Å². The third-order valence-corrected chi connectivity index (χ3v) is 4.69. The lowest BCUT2D eigenvalue weighted by atomic mass is 10.1. The van der Waals surface area contributed by atoms with Crippen molar-refractivity contribution in [2.45, 2.75) is 58.4 Å². The smallest absolute Gasteiger partial charge is 0.0233 e. The molecule has 1 aliphatic rings. The Morgan fingerprint density at radius 1 is 0.909 bits per heavy atom. The van der Waals surface area contributed by atoms with Crippen LogP contribution < -0.4 is 0 Å². The minimum Gasteiger partial charge on any atom is -0.303 e. The van der Waals surface area contributed by atoms with Crippen molar-refractivity contribution in [1.82, 2.24) is 9.80 Å². The Labute approximate surface area is 137 Å². The standard InChI is InChI=1S/C20H34N2/c1-2-14-22(19-20-12-6-3-7-13-20)18-11-5-10-17-21-15-8-4-9-16-21/h3,6-7,12-13H,2,4-5,8-11,14-19H2,1H3. The molecule has 1 aromatic carbocycles. The van der Waals surface area contributed by atoms with Crippen molar-refractivity contribution in [1.29, 1.82) is 0 Å². The SMILES string of the molecule is CCCN(CCCCCN1CCCCC1)Cc1ccccc1. The van der Waals surface area contributed by atoms with Crippen LogP contribution in [0.15, 0.2) is 30.3 Å². The first-order valence-corrected chi connectivity index (χ1v) is 9.37. The van der Waals surface area contributed by atoms with E-state index in [0.717, 1.165) is 6.54 Å². The van der Waals surface area contributed by atoms with Crippen molar-refractivity contribution in [3.8, 4) is 0 Å². The van der Waals surface area contributed by atoms with Crippen molar-refractivity contribution in [2.75, 3.05) is 32.7 Å². The lowest BCUT2D eigenvalue weighted by Crippen LogP contribution is -2.30. The summed E-state index contributed by atoms with van der Waals surface area (Å²) in [4.78, 5) is 5.29. The first-order valence-electron chi connectivity index (χ1n) is 9.37. The molecule has 22 heavy (non-hydrogen) atoms. The Kier molecular flexibility index (Phi) is 8.59. The summed E-state index contributed by atoms with van der Waals surface area (Å²) in [6, 6.07) is 10.9. The van der Waals surface area contributed by atoms with Crippen LogP contribution in [0.4, 0.5) is 0 Å². The van der Waals surface area contributed by atoms with Gasteiger partial charge >= 0.3 is 0 Å². The summed E-state index contributed by atoms with van der Waals surface area (Å²) in [5.41, 5.74) is 1.45. The molecule has 1 saturated heterocycles. The zero-order valence-corrected chi connectivity index (χ0v) is 14.5. The maximum absolute atomic E-state index is 2.66. The Morgan fingerprint density at radius 3 is 2.41 bits per heavy atom. The number of piperidine rings is 1. The highest BCUT2D eigenvalue weighted by molar-refractivity contribution is 5.14. The molecule has 2 rings (SSSR count). The predicted octanol–water partition coefficient (Wildman–Crippen LogP) is 4.55. The predicted molar refractivity (Wildman–Crippen MR) is 96.2 cm³/mol. The van der Waals surface area contributed by atoms with Gasteiger partial charge in [-0.3, -0.25) is 4.90 Å². The molecule has 0 aromatic heterocycles. The fourth-order valence-electron chi connectivity index (χ4n) is 3.46. The van der Waals surface area contributed by atoms with E-state index in [1.54, 1.807) is 0 Å². The van der Waals surface area contributed by atoms with E-state index in [2.05, 4.69) is 47.1 Å². The molecule has 0 bridgehead atoms. The van der Waals surface area contributed by atoms with E-state index in [0.29, 0.717) is 0 Å². The molecule has 0 N–H and O–H groups in total. The topological polar surface area (TPSA) is 6.48 Å². The fourth-order valence-corrected chi connectivity index (χ4v) is 3.46. The highest BCUT2D eigenvalue weighted by Gasteiger charge is 2.09. The average molecular weight is 303 g/mol. The van der Waals surface area contributed by atoms with E-state index in [1.807, 2.05) is 0 Å². The molecule has 0 amide bonds. The molecule has 0 atom stereocenters. The molecule has 2 nitrogen and oxygen atoms in total. The van der Waals surface area contributed by atoms with Crippen LogP contribution >= 0.6 is 0 Å². The molecule has 1 aliphatic heterocycles. The van der Waals surface area contributed by atoms with E-state index in [1.165, 1.54) is 83.2 Å². The minimum absolute atomic E-state index is 1.11. The first-order chi connectivity index (χ1) is 10.9. The second-order valence-corrected chi connectivity index (χ2v) is 6.72. The molecule has 124 valence electrons. The van der Waals surface area contributed by atoms with Gasteiger partial charge < -0.3 is 4.90 Å². The van der Waals surface area contributed by atoms with Gasteiger partial charge in [0.1, 0.15) is 0 Å². The van der Waals surface area contributed by atoms with Gasteiger partial charge in [-0.15, -0.1) is 0 Å². The second kappa shape index (κ2) is 10.8. The monoisotopic (exact) mass is 302 g/mol. The molecule has 0 spiro atoms. The van der Waals surface area contributed by atoms with Crippen molar-refractivity contribution in [2.24, 2.45) is 0 Å². The number of hydrogen-bond donors (Lipinski definition) is 0. The Morgan fingerprint density at radius 2 is 1.68 bits per heavy atom. The molecule has 1 heterocycles. The van der Waals surface area contributed by atoms with Crippen molar-refractivity contribution in [3.63, 3.8) is 0 Å². The summed E-state index contributed by atoms with van der Waals surface area (Å²) in [6.07, 6.45) is 9.64. The van der Waals surface area contributed by atoms with Gasteiger partial charge in [0.05, 0.1) is 0 Å². The summed E-state index contributed by atoms with van der Waals surface area (Å²) in [7, 11) is 0. The molecule has 0 unspecified atom stereocenters. The number of likely N-dealkylation sites (tertiary alicyclic amines) is 1. The van der Waals surface area contributed by atoms with Crippen LogP contribution in [0, 0.1) is 0 Å². The second-order valence-electron chi connectivity index (χ2n) is 6.72. The zero-order chi connectivity index (χ0) is 15.5. The fraction of sp³-hybridized carbons (Fsp3) is 0.700. The van der Waals surface area contributed by atoms with E-state index < -0.39 is 0 Å². The Bertz CT molecular complexity index is 371. The van der Waals surface area contributed by atoms with Crippen molar-refractivity contribution in [3.05, 3.63) is 35.9 Å². The Balaban J connectivity index is 1.59. The molecular formula is C20H34N2. The normalized spacial score (nSPS) is 16.3. The first kappa shape index (κ1) is 17.5. The summed E-state index contributed by atoms with van der Waals surface area (Å²) in [6.45, 7) is 9.89. The van der Waals surface area contributed by atoms with Gasteiger partial charge in [-0.05, 0) is 70.4 Å². The maximum atomic E-state index is 2.66. The number of nitrogens with zero attached hydrogens (tertiary/aromatic N) is 2. The molecule has 0 saturated carbocycles. The van der Waals surface area contributed by atoms with Gasteiger partial charge in [0.2, 0.25) is 0 Å². The third-order valence-electron chi connectivity index (χ3n) is 4.69. The van der Waals surface area contributed by atoms with Crippen LogP contribution in [0.2, 0.25) is 0 Å². The number of hydrogen-bond acceptors (Lipinski definition) is 2. The molecule has 0 aliphatic carbocycles. The van der Waals surface area contributed by atoms with Crippen LogP contribution in [0.5, 0.6) is 0 Å². The quantitative estimate of drug-likeness (QED) is 0.585. The van der Waals surface area contributed by atoms with Crippen LogP contribution in [-0.2, 0) is 6.54 Å². The van der Waals surface area contributed by atoms with Crippen LogP contribution in [-0.4, -0.2) is 42.5 Å². The Hall–Kier alpha value is -0.860. The maximum Gasteiger partial charge on any atom is 0.0233 e. The summed E-state index contributed by atoms with van der Waals surface area (Å²) in [5, 5.41) is 0. The number of unbranched alkanes of at least 4 members (excludes halogenated alkanes) is 2. The van der Waals surface area contributed by atoms with Gasteiger partial charge in [-0.1, -0.05) is 50.1 Å². The molecule has 2 heteroatoms. The highest BCUT2D eigenvalue weighted by atomic mass is 15.1. The molecule has 0 radical (unpaired) electrons. The zero-order valence-electron chi connectivity index (χ0n) is 14.5. The summed E-state index contributed by atoms with van der Waals surface area (Å²) < 4.78 is 0. The number of benzene rings is 1. The molecule has 1 aromatic rings. The lowest BCUT2D eigenvalue weighted by molar-refractivity contribution is 0.219. The summed E-state index contributed by atoms with van der Waals surface area (Å²) in [5.74, 6) is 0. The van der Waals surface area contributed by atoms with Crippen LogP contribution in [0.3, 0.4) is 0 Å². The largest absolute Gasteiger partial charge is 0.303 e. The number of rotatable bonds is 10. The average Bonchev–Trinajstić information content (AvgIpc) is 2.56. The van der Waals surface area contributed by atoms with Crippen molar-refractivity contribution < 1.29 is 0 Å². The molecule has 1 fully saturated rings. The van der Waals surface area contributed by atoms with E-state index in [9.17, 15) is 0 Å². The van der Waals surface area contributed by atoms with Crippen LogP contribution in [0.1, 0.15) is 57.4 Å².